The van der Waals surface area contributed by atoms with Crippen LogP contribution in [0.15, 0.2) is 36.4 Å². The molecular weight excluding hydrogens is 344 g/mol. The Hall–Kier alpha value is -2.73. The first-order valence-corrected chi connectivity index (χ1v) is 7.91. The van der Waals surface area contributed by atoms with Gasteiger partial charge in [0.15, 0.2) is 6.10 Å². The van der Waals surface area contributed by atoms with Crippen molar-refractivity contribution in [3.05, 3.63) is 52.5 Å². The number of nitrogens with two attached hydrogens (primary N) is 1. The molecule has 7 heteroatoms. The van der Waals surface area contributed by atoms with Crippen LogP contribution < -0.4 is 15.8 Å². The average molecular weight is 363 g/mol. The summed E-state index contributed by atoms with van der Waals surface area (Å²) in [4.78, 5) is 24.4. The first-order chi connectivity index (χ1) is 11.8. The van der Waals surface area contributed by atoms with Crippen molar-refractivity contribution in [1.29, 1.82) is 0 Å². The molecule has 0 aliphatic heterocycles. The number of methoxy groups -OCH3 is 1. The number of anilines is 2. The summed E-state index contributed by atoms with van der Waals surface area (Å²) in [5, 5.41) is 2.99. The van der Waals surface area contributed by atoms with Gasteiger partial charge in [0.05, 0.1) is 17.7 Å². The van der Waals surface area contributed by atoms with Crippen molar-refractivity contribution < 1.29 is 19.1 Å². The highest BCUT2D eigenvalue weighted by molar-refractivity contribution is 6.32. The number of hydrogen-bond donors (Lipinski definition) is 2. The third-order valence-electron chi connectivity index (χ3n) is 3.62. The summed E-state index contributed by atoms with van der Waals surface area (Å²) in [6.45, 7) is 3.26. The SMILES string of the molecule is COc1ccc(NC(=O)[C@@H](C)OC(=O)c2cccc(C)c2N)cc1Cl. The Kier molecular flexibility index (Phi) is 5.88. The summed E-state index contributed by atoms with van der Waals surface area (Å²) < 4.78 is 10.2. The van der Waals surface area contributed by atoms with Crippen LogP contribution in [0.1, 0.15) is 22.8 Å². The lowest BCUT2D eigenvalue weighted by molar-refractivity contribution is -0.123. The molecule has 2 aromatic rings. The van der Waals surface area contributed by atoms with E-state index in [1.54, 1.807) is 43.3 Å². The maximum Gasteiger partial charge on any atom is 0.341 e. The number of aryl methyl sites for hydroxylation is 1. The van der Waals surface area contributed by atoms with Gasteiger partial charge in [-0.3, -0.25) is 4.79 Å². The maximum absolute atomic E-state index is 12.2. The number of para-hydroxylation sites is 1. The minimum absolute atomic E-state index is 0.229. The van der Waals surface area contributed by atoms with Gasteiger partial charge in [-0.05, 0) is 43.7 Å². The predicted molar refractivity (Wildman–Crippen MR) is 97.1 cm³/mol. The normalized spacial score (nSPS) is 11.5. The fourth-order valence-electron chi connectivity index (χ4n) is 2.12. The number of carbonyl (C=O) groups excluding carboxylic acids is 2. The van der Waals surface area contributed by atoms with Crippen molar-refractivity contribution in [1.82, 2.24) is 0 Å². The van der Waals surface area contributed by atoms with Gasteiger partial charge in [-0.2, -0.15) is 0 Å². The van der Waals surface area contributed by atoms with Gasteiger partial charge in [0.2, 0.25) is 0 Å². The molecule has 1 amide bonds. The highest BCUT2D eigenvalue weighted by Gasteiger charge is 2.21. The van der Waals surface area contributed by atoms with Crippen LogP contribution in [0.25, 0.3) is 0 Å². The van der Waals surface area contributed by atoms with Gasteiger partial charge in [-0.1, -0.05) is 23.7 Å². The average Bonchev–Trinajstić information content (AvgIpc) is 2.57. The van der Waals surface area contributed by atoms with Gasteiger partial charge in [0, 0.05) is 11.4 Å². The molecule has 132 valence electrons. The van der Waals surface area contributed by atoms with Gasteiger partial charge < -0.3 is 20.5 Å². The minimum Gasteiger partial charge on any atom is -0.495 e. The zero-order valence-electron chi connectivity index (χ0n) is 14.1. The van der Waals surface area contributed by atoms with Crippen molar-refractivity contribution >= 4 is 34.9 Å². The van der Waals surface area contributed by atoms with E-state index in [4.69, 9.17) is 26.8 Å². The number of amides is 1. The fraction of sp³-hybridized carbons (Fsp3) is 0.222. The van der Waals surface area contributed by atoms with Gasteiger partial charge in [0.1, 0.15) is 5.75 Å². The first kappa shape index (κ1) is 18.6. The molecule has 0 aromatic heterocycles. The molecule has 25 heavy (non-hydrogen) atoms. The number of hydrogen-bond acceptors (Lipinski definition) is 5. The van der Waals surface area contributed by atoms with E-state index in [0.717, 1.165) is 5.56 Å². The molecule has 0 saturated heterocycles. The predicted octanol–water partition coefficient (Wildman–Crippen LogP) is 3.42. The van der Waals surface area contributed by atoms with Crippen LogP contribution in [0.4, 0.5) is 11.4 Å². The summed E-state index contributed by atoms with van der Waals surface area (Å²) in [6.07, 6.45) is -1.01. The number of halogens is 1. The maximum atomic E-state index is 12.2. The first-order valence-electron chi connectivity index (χ1n) is 7.54. The molecule has 0 aliphatic rings. The van der Waals surface area contributed by atoms with Crippen molar-refractivity contribution in [2.75, 3.05) is 18.2 Å². The Morgan fingerprint density at radius 3 is 2.60 bits per heavy atom. The van der Waals surface area contributed by atoms with Crippen molar-refractivity contribution in [3.63, 3.8) is 0 Å². The number of rotatable bonds is 5. The molecule has 0 fully saturated rings. The van der Waals surface area contributed by atoms with E-state index < -0.39 is 18.0 Å². The van der Waals surface area contributed by atoms with E-state index in [1.807, 2.05) is 0 Å². The van der Waals surface area contributed by atoms with Crippen LogP contribution in [0.2, 0.25) is 5.02 Å². The fourth-order valence-corrected chi connectivity index (χ4v) is 2.38. The number of carbonyl (C=O) groups is 2. The van der Waals surface area contributed by atoms with Gasteiger partial charge in [-0.25, -0.2) is 4.79 Å². The second-order valence-electron chi connectivity index (χ2n) is 5.42. The van der Waals surface area contributed by atoms with E-state index in [2.05, 4.69) is 5.32 Å². The van der Waals surface area contributed by atoms with E-state index in [-0.39, 0.29) is 5.56 Å². The zero-order valence-corrected chi connectivity index (χ0v) is 14.9. The number of nitrogen functional groups attached to an aromatic ring is 1. The van der Waals surface area contributed by atoms with E-state index in [0.29, 0.717) is 22.1 Å². The molecular formula is C18H19ClN2O4. The van der Waals surface area contributed by atoms with Crippen LogP contribution in [-0.4, -0.2) is 25.1 Å². The molecule has 6 nitrogen and oxygen atoms in total. The Balaban J connectivity index is 2.04. The van der Waals surface area contributed by atoms with E-state index >= 15 is 0 Å². The lowest BCUT2D eigenvalue weighted by Crippen LogP contribution is -2.30. The lowest BCUT2D eigenvalue weighted by Gasteiger charge is -2.15. The molecule has 1 atom stereocenters. The van der Waals surface area contributed by atoms with Crippen LogP contribution in [0.5, 0.6) is 5.75 Å². The van der Waals surface area contributed by atoms with Gasteiger partial charge in [-0.15, -0.1) is 0 Å². The number of ether oxygens (including phenoxy) is 2. The third kappa shape index (κ3) is 4.42. The van der Waals surface area contributed by atoms with Crippen LogP contribution in [0, 0.1) is 6.92 Å². The Labute approximate surface area is 150 Å². The summed E-state index contributed by atoms with van der Waals surface area (Å²) in [5.41, 5.74) is 7.67. The van der Waals surface area contributed by atoms with Gasteiger partial charge in [0.25, 0.3) is 5.91 Å². The van der Waals surface area contributed by atoms with Crippen molar-refractivity contribution in [3.8, 4) is 5.75 Å². The Morgan fingerprint density at radius 1 is 1.24 bits per heavy atom. The van der Waals surface area contributed by atoms with E-state index in [9.17, 15) is 9.59 Å². The van der Waals surface area contributed by atoms with Crippen molar-refractivity contribution in [2.45, 2.75) is 20.0 Å². The molecule has 0 radical (unpaired) electrons. The lowest BCUT2D eigenvalue weighted by atomic mass is 10.1. The minimum atomic E-state index is -1.01. The van der Waals surface area contributed by atoms with Crippen LogP contribution in [0.3, 0.4) is 0 Å². The second kappa shape index (κ2) is 7.90. The largest absolute Gasteiger partial charge is 0.495 e. The molecule has 0 aliphatic carbocycles. The molecule has 0 saturated carbocycles. The standard InChI is InChI=1S/C18H19ClN2O4/c1-10-5-4-6-13(16(10)20)18(23)25-11(2)17(22)21-12-7-8-15(24-3)14(19)9-12/h4-9,11H,20H2,1-3H3,(H,21,22)/t11-/m1/s1. The molecule has 2 aromatic carbocycles. The summed E-state index contributed by atoms with van der Waals surface area (Å²) >= 11 is 6.01. The highest BCUT2D eigenvalue weighted by Crippen LogP contribution is 2.27. The Bertz CT molecular complexity index is 808. The van der Waals surface area contributed by atoms with Crippen LogP contribution in [-0.2, 0) is 9.53 Å². The van der Waals surface area contributed by atoms with Gasteiger partial charge >= 0.3 is 5.97 Å². The summed E-state index contributed by atoms with van der Waals surface area (Å²) in [6, 6.07) is 9.85. The smallest absolute Gasteiger partial charge is 0.341 e. The van der Waals surface area contributed by atoms with E-state index in [1.165, 1.54) is 14.0 Å². The number of nitrogens with one attached hydrogen (secondary N) is 1. The Morgan fingerprint density at radius 2 is 1.96 bits per heavy atom. The van der Waals surface area contributed by atoms with Crippen molar-refractivity contribution in [2.24, 2.45) is 0 Å². The monoisotopic (exact) mass is 362 g/mol. The number of esters is 1. The quantitative estimate of drug-likeness (QED) is 0.628. The third-order valence-corrected chi connectivity index (χ3v) is 3.91. The second-order valence-corrected chi connectivity index (χ2v) is 5.83. The summed E-state index contributed by atoms with van der Waals surface area (Å²) in [5.74, 6) is -0.647. The topological polar surface area (TPSA) is 90.6 Å². The van der Waals surface area contributed by atoms with Crippen LogP contribution >= 0.6 is 11.6 Å². The zero-order chi connectivity index (χ0) is 18.6. The molecule has 0 unspecified atom stereocenters. The molecule has 2 rings (SSSR count). The molecule has 0 spiro atoms. The molecule has 3 N–H and O–H groups in total. The highest BCUT2D eigenvalue weighted by atomic mass is 35.5. The summed E-state index contributed by atoms with van der Waals surface area (Å²) in [7, 11) is 1.50. The molecule has 0 heterocycles. The number of benzene rings is 2. The molecule has 0 bridgehead atoms.